The van der Waals surface area contributed by atoms with Crippen molar-refractivity contribution in [2.45, 2.75) is 13.8 Å². The highest BCUT2D eigenvalue weighted by Gasteiger charge is 2.29. The van der Waals surface area contributed by atoms with E-state index in [1.54, 1.807) is 13.0 Å². The van der Waals surface area contributed by atoms with Gasteiger partial charge in [0.2, 0.25) is 0 Å². The first-order chi connectivity index (χ1) is 9.34. The first kappa shape index (κ1) is 16.3. The number of rotatable bonds is 6. The van der Waals surface area contributed by atoms with Crippen molar-refractivity contribution in [3.8, 4) is 11.5 Å². The molecule has 1 aromatic carbocycles. The molecule has 0 saturated carbocycles. The number of halogens is 1. The molecule has 0 aliphatic carbocycles. The third-order valence-corrected chi connectivity index (χ3v) is 3.68. The number of carbonyl (C=O) groups excluding carboxylic acids is 1. The Kier molecular flexibility index (Phi) is 5.39. The number of ether oxygens (including phenoxy) is 2. The minimum absolute atomic E-state index is 0.126. The van der Waals surface area contributed by atoms with E-state index < -0.39 is 17.8 Å². The maximum absolute atomic E-state index is 12.3. The van der Waals surface area contributed by atoms with Crippen molar-refractivity contribution < 1.29 is 24.2 Å². The number of carbonyl (C=O) groups is 2. The van der Waals surface area contributed by atoms with E-state index >= 15 is 0 Å². The van der Waals surface area contributed by atoms with Gasteiger partial charge in [-0.1, -0.05) is 25.4 Å². The van der Waals surface area contributed by atoms with Gasteiger partial charge in [0.25, 0.3) is 0 Å². The molecule has 0 amide bonds. The van der Waals surface area contributed by atoms with Crippen molar-refractivity contribution in [3.63, 3.8) is 0 Å². The molecule has 0 aromatic heterocycles. The second kappa shape index (κ2) is 6.61. The lowest BCUT2D eigenvalue weighted by molar-refractivity contribution is -0.142. The number of aliphatic carboxylic acids is 1. The van der Waals surface area contributed by atoms with Crippen LogP contribution in [0.2, 0.25) is 5.02 Å². The van der Waals surface area contributed by atoms with Gasteiger partial charge in [-0.25, -0.2) is 0 Å². The number of carboxylic acid groups (broad SMARTS) is 1. The number of methoxy groups -OCH3 is 2. The highest BCUT2D eigenvalue weighted by Crippen LogP contribution is 2.38. The Hall–Kier alpha value is -1.75. The normalized spacial score (nSPS) is 13.4. The SMILES string of the molecule is COc1ccc(C(=O)C(C)C(C)C(=O)O)c(Cl)c1OC. The van der Waals surface area contributed by atoms with Crippen molar-refractivity contribution in [1.82, 2.24) is 0 Å². The fourth-order valence-electron chi connectivity index (χ4n) is 1.77. The largest absolute Gasteiger partial charge is 0.493 e. The number of carboxylic acids is 1. The molecule has 0 heterocycles. The van der Waals surface area contributed by atoms with Crippen molar-refractivity contribution in [3.05, 3.63) is 22.7 Å². The molecule has 110 valence electrons. The van der Waals surface area contributed by atoms with Gasteiger partial charge in [0, 0.05) is 11.5 Å². The molecular weight excluding hydrogens is 284 g/mol. The zero-order valence-corrected chi connectivity index (χ0v) is 12.5. The molecule has 0 aliphatic rings. The van der Waals surface area contributed by atoms with Gasteiger partial charge in [0.05, 0.1) is 25.2 Å². The maximum atomic E-state index is 12.3. The molecule has 1 aromatic rings. The average Bonchev–Trinajstić information content (AvgIpc) is 2.44. The Bertz CT molecular complexity index is 527. The summed E-state index contributed by atoms with van der Waals surface area (Å²) in [7, 11) is 2.88. The first-order valence-corrected chi connectivity index (χ1v) is 6.40. The molecule has 2 atom stereocenters. The third kappa shape index (κ3) is 3.04. The van der Waals surface area contributed by atoms with Crippen LogP contribution < -0.4 is 9.47 Å². The lowest BCUT2D eigenvalue weighted by Gasteiger charge is -2.17. The average molecular weight is 301 g/mol. The second-order valence-corrected chi connectivity index (χ2v) is 4.82. The molecule has 0 bridgehead atoms. The second-order valence-electron chi connectivity index (χ2n) is 4.44. The Labute approximate surface area is 122 Å². The quantitative estimate of drug-likeness (QED) is 0.818. The molecule has 20 heavy (non-hydrogen) atoms. The topological polar surface area (TPSA) is 72.8 Å². The van der Waals surface area contributed by atoms with Gasteiger partial charge in [-0.05, 0) is 12.1 Å². The lowest BCUT2D eigenvalue weighted by atomic mass is 9.88. The maximum Gasteiger partial charge on any atom is 0.306 e. The van der Waals surface area contributed by atoms with E-state index in [2.05, 4.69) is 0 Å². The molecule has 5 nitrogen and oxygen atoms in total. The van der Waals surface area contributed by atoms with Crippen LogP contribution >= 0.6 is 11.6 Å². The summed E-state index contributed by atoms with van der Waals surface area (Å²) in [4.78, 5) is 23.3. The van der Waals surface area contributed by atoms with Crippen LogP contribution in [0, 0.1) is 11.8 Å². The molecule has 2 unspecified atom stereocenters. The van der Waals surface area contributed by atoms with Gasteiger partial charge in [-0.2, -0.15) is 0 Å². The van der Waals surface area contributed by atoms with Gasteiger partial charge >= 0.3 is 5.97 Å². The Morgan fingerprint density at radius 1 is 1.15 bits per heavy atom. The van der Waals surface area contributed by atoms with E-state index in [1.807, 2.05) is 0 Å². The third-order valence-electron chi connectivity index (χ3n) is 3.30. The molecule has 1 N–H and O–H groups in total. The smallest absolute Gasteiger partial charge is 0.306 e. The van der Waals surface area contributed by atoms with Crippen molar-refractivity contribution in [1.29, 1.82) is 0 Å². The zero-order chi connectivity index (χ0) is 15.4. The molecule has 0 saturated heterocycles. The molecule has 0 aliphatic heterocycles. The number of hydrogen-bond acceptors (Lipinski definition) is 4. The minimum Gasteiger partial charge on any atom is -0.493 e. The number of Topliss-reactive ketones (excluding diaryl/α,β-unsaturated/α-hetero) is 1. The Morgan fingerprint density at radius 2 is 1.75 bits per heavy atom. The summed E-state index contributed by atoms with van der Waals surface area (Å²) in [6, 6.07) is 3.08. The standard InChI is InChI=1S/C14H17ClO5/c1-7(8(2)14(17)18)12(16)9-5-6-10(19-3)13(20-4)11(9)15/h5-8H,1-4H3,(H,17,18). The molecule has 0 fully saturated rings. The van der Waals surface area contributed by atoms with E-state index in [4.69, 9.17) is 26.2 Å². The van der Waals surface area contributed by atoms with Crippen LogP contribution in [0.3, 0.4) is 0 Å². The van der Waals surface area contributed by atoms with Crippen molar-refractivity contribution in [2.24, 2.45) is 11.8 Å². The first-order valence-electron chi connectivity index (χ1n) is 6.02. The van der Waals surface area contributed by atoms with E-state index in [0.717, 1.165) is 0 Å². The monoisotopic (exact) mass is 300 g/mol. The molecule has 0 spiro atoms. The number of benzene rings is 1. The number of ketones is 1. The summed E-state index contributed by atoms with van der Waals surface area (Å²) < 4.78 is 10.2. The van der Waals surface area contributed by atoms with E-state index in [9.17, 15) is 9.59 Å². The van der Waals surface area contributed by atoms with E-state index in [1.165, 1.54) is 27.2 Å². The van der Waals surface area contributed by atoms with Gasteiger partial charge < -0.3 is 14.6 Å². The van der Waals surface area contributed by atoms with Crippen LogP contribution in [0.5, 0.6) is 11.5 Å². The van der Waals surface area contributed by atoms with Crippen LogP contribution in [-0.4, -0.2) is 31.1 Å². The summed E-state index contributed by atoms with van der Waals surface area (Å²) >= 11 is 6.14. The van der Waals surface area contributed by atoms with Gasteiger partial charge in [-0.15, -0.1) is 0 Å². The summed E-state index contributed by atoms with van der Waals surface area (Å²) in [6.45, 7) is 3.05. The highest BCUT2D eigenvalue weighted by molar-refractivity contribution is 6.35. The highest BCUT2D eigenvalue weighted by atomic mass is 35.5. The predicted molar refractivity (Wildman–Crippen MR) is 74.9 cm³/mol. The van der Waals surface area contributed by atoms with Gasteiger partial charge in [0.15, 0.2) is 17.3 Å². The summed E-state index contributed by atoms with van der Waals surface area (Å²) in [6.07, 6.45) is 0. The Balaban J connectivity index is 3.21. The van der Waals surface area contributed by atoms with Gasteiger partial charge in [-0.3, -0.25) is 9.59 Å². The molecular formula is C14H17ClO5. The Morgan fingerprint density at radius 3 is 2.20 bits per heavy atom. The number of hydrogen-bond donors (Lipinski definition) is 1. The van der Waals surface area contributed by atoms with Crippen LogP contribution in [0.4, 0.5) is 0 Å². The van der Waals surface area contributed by atoms with Crippen molar-refractivity contribution >= 4 is 23.4 Å². The van der Waals surface area contributed by atoms with Crippen LogP contribution in [-0.2, 0) is 4.79 Å². The summed E-state index contributed by atoms with van der Waals surface area (Å²) in [5.74, 6) is -2.19. The summed E-state index contributed by atoms with van der Waals surface area (Å²) in [5, 5.41) is 9.10. The van der Waals surface area contributed by atoms with Crippen molar-refractivity contribution in [2.75, 3.05) is 14.2 Å². The van der Waals surface area contributed by atoms with Crippen LogP contribution in [0.1, 0.15) is 24.2 Å². The fourth-order valence-corrected chi connectivity index (χ4v) is 2.09. The van der Waals surface area contributed by atoms with Crippen LogP contribution in [0.25, 0.3) is 0 Å². The predicted octanol–water partition coefficient (Wildman–Crippen LogP) is 2.90. The lowest BCUT2D eigenvalue weighted by Crippen LogP contribution is -2.25. The van der Waals surface area contributed by atoms with Gasteiger partial charge in [0.1, 0.15) is 0 Å². The van der Waals surface area contributed by atoms with E-state index in [0.29, 0.717) is 5.75 Å². The van der Waals surface area contributed by atoms with Crippen LogP contribution in [0.15, 0.2) is 12.1 Å². The zero-order valence-electron chi connectivity index (χ0n) is 11.8. The molecule has 1 rings (SSSR count). The summed E-state index contributed by atoms with van der Waals surface area (Å²) in [5.41, 5.74) is 0.227. The molecule has 0 radical (unpaired) electrons. The fraction of sp³-hybridized carbons (Fsp3) is 0.429. The minimum atomic E-state index is -1.03. The van der Waals surface area contributed by atoms with E-state index in [-0.39, 0.29) is 22.1 Å². The molecule has 6 heteroatoms.